The van der Waals surface area contributed by atoms with Gasteiger partial charge < -0.3 is 14.9 Å². The Hall–Kier alpha value is -0.610. The summed E-state index contributed by atoms with van der Waals surface area (Å²) in [6.07, 6.45) is 12.1. The summed E-state index contributed by atoms with van der Waals surface area (Å²) in [5.41, 5.74) is -0.736. The highest BCUT2D eigenvalue weighted by molar-refractivity contribution is 5.69. The summed E-state index contributed by atoms with van der Waals surface area (Å²) in [6.45, 7) is 3.92. The Morgan fingerprint density at radius 2 is 1.32 bits per heavy atom. The van der Waals surface area contributed by atoms with Crippen molar-refractivity contribution < 1.29 is 19.7 Å². The van der Waals surface area contributed by atoms with Crippen LogP contribution in [0.25, 0.3) is 0 Å². The van der Waals surface area contributed by atoms with E-state index in [-0.39, 0.29) is 19.2 Å². The van der Waals surface area contributed by atoms with Crippen LogP contribution in [0.4, 0.5) is 0 Å². The van der Waals surface area contributed by atoms with Gasteiger partial charge in [0.25, 0.3) is 0 Å². The van der Waals surface area contributed by atoms with Gasteiger partial charge >= 0.3 is 5.97 Å². The van der Waals surface area contributed by atoms with E-state index in [1.807, 2.05) is 0 Å². The topological polar surface area (TPSA) is 66.8 Å². The first-order valence-corrected chi connectivity index (χ1v) is 9.01. The highest BCUT2D eigenvalue weighted by atomic mass is 16.6. The molecule has 0 heterocycles. The number of rotatable bonds is 15. The first-order valence-electron chi connectivity index (χ1n) is 9.01. The molecule has 0 radical (unpaired) electrons. The zero-order valence-electron chi connectivity index (χ0n) is 14.6. The summed E-state index contributed by atoms with van der Waals surface area (Å²) in [5, 5.41) is 18.0. The van der Waals surface area contributed by atoms with E-state index in [1.165, 1.54) is 44.9 Å². The van der Waals surface area contributed by atoms with E-state index >= 15 is 0 Å². The summed E-state index contributed by atoms with van der Waals surface area (Å²) in [5.74, 6) is -0.215. The molecule has 0 aliphatic rings. The van der Waals surface area contributed by atoms with Gasteiger partial charge in [-0.05, 0) is 13.3 Å². The predicted molar refractivity (Wildman–Crippen MR) is 89.7 cm³/mol. The zero-order chi connectivity index (χ0) is 16.7. The van der Waals surface area contributed by atoms with Gasteiger partial charge in [0.15, 0.2) is 0 Å². The van der Waals surface area contributed by atoms with E-state index in [1.54, 1.807) is 6.92 Å². The second-order valence-corrected chi connectivity index (χ2v) is 6.45. The molecule has 0 aliphatic carbocycles. The number of carbonyl (C=O) groups is 1. The lowest BCUT2D eigenvalue weighted by Crippen LogP contribution is -2.34. The molecule has 0 spiro atoms. The molecule has 0 aromatic heterocycles. The molecule has 0 fully saturated rings. The molecule has 4 nitrogen and oxygen atoms in total. The molecule has 0 atom stereocenters. The van der Waals surface area contributed by atoms with Gasteiger partial charge in [-0.15, -0.1) is 0 Å². The number of hydrogen-bond acceptors (Lipinski definition) is 4. The maximum Gasteiger partial charge on any atom is 0.306 e. The number of aliphatic hydroxyl groups excluding tert-OH is 2. The highest BCUT2D eigenvalue weighted by Gasteiger charge is 2.27. The van der Waals surface area contributed by atoms with Crippen LogP contribution >= 0.6 is 0 Å². The third kappa shape index (κ3) is 12.0. The van der Waals surface area contributed by atoms with Crippen molar-refractivity contribution in [2.24, 2.45) is 0 Å². The van der Waals surface area contributed by atoms with Crippen molar-refractivity contribution in [3.05, 3.63) is 0 Å². The van der Waals surface area contributed by atoms with Gasteiger partial charge in [-0.25, -0.2) is 0 Å². The average molecular weight is 316 g/mol. The highest BCUT2D eigenvalue weighted by Crippen LogP contribution is 2.21. The van der Waals surface area contributed by atoms with Crippen LogP contribution in [0.2, 0.25) is 0 Å². The van der Waals surface area contributed by atoms with Crippen molar-refractivity contribution in [1.29, 1.82) is 0 Å². The molecule has 0 aromatic carbocycles. The van der Waals surface area contributed by atoms with Crippen LogP contribution in [0.5, 0.6) is 0 Å². The van der Waals surface area contributed by atoms with E-state index in [0.717, 1.165) is 12.8 Å². The number of ether oxygens (including phenoxy) is 1. The fourth-order valence-corrected chi connectivity index (χ4v) is 2.61. The Balaban J connectivity index is 3.63. The van der Waals surface area contributed by atoms with E-state index in [9.17, 15) is 4.79 Å². The normalized spacial score (nSPS) is 11.6. The smallest absolute Gasteiger partial charge is 0.306 e. The number of aliphatic hydroxyl groups is 2. The van der Waals surface area contributed by atoms with Gasteiger partial charge in [-0.1, -0.05) is 58.3 Å². The Labute approximate surface area is 136 Å². The number of unbranched alkanes of at least 4 members (excludes halogenated alkanes) is 8. The molecule has 0 aromatic rings. The largest absolute Gasteiger partial charge is 0.459 e. The standard InChI is InChI=1S/C18H36O4/c1-3-4-5-6-7-8-9-10-11-12-17(21)22-18(2,13-15-19)14-16-20/h19-20H,3-16H2,1-2H3. The quantitative estimate of drug-likeness (QED) is 0.354. The van der Waals surface area contributed by atoms with Crippen molar-refractivity contribution in [3.8, 4) is 0 Å². The van der Waals surface area contributed by atoms with Crippen molar-refractivity contribution >= 4 is 5.97 Å². The number of esters is 1. The molecular weight excluding hydrogens is 280 g/mol. The fraction of sp³-hybridized carbons (Fsp3) is 0.944. The molecule has 22 heavy (non-hydrogen) atoms. The summed E-state index contributed by atoms with van der Waals surface area (Å²) in [7, 11) is 0. The summed E-state index contributed by atoms with van der Waals surface area (Å²) in [4.78, 5) is 11.8. The maximum atomic E-state index is 11.8. The molecule has 0 unspecified atom stereocenters. The summed E-state index contributed by atoms with van der Waals surface area (Å²) >= 11 is 0. The molecule has 0 saturated heterocycles. The van der Waals surface area contributed by atoms with Crippen LogP contribution < -0.4 is 0 Å². The second-order valence-electron chi connectivity index (χ2n) is 6.45. The zero-order valence-corrected chi connectivity index (χ0v) is 14.6. The van der Waals surface area contributed by atoms with Gasteiger partial charge in [0.05, 0.1) is 0 Å². The van der Waals surface area contributed by atoms with Crippen LogP contribution in [0.15, 0.2) is 0 Å². The van der Waals surface area contributed by atoms with Gasteiger partial charge in [-0.2, -0.15) is 0 Å². The van der Waals surface area contributed by atoms with E-state index in [0.29, 0.717) is 19.3 Å². The monoisotopic (exact) mass is 316 g/mol. The third-order valence-corrected chi connectivity index (χ3v) is 4.13. The van der Waals surface area contributed by atoms with E-state index in [2.05, 4.69) is 6.92 Å². The van der Waals surface area contributed by atoms with Crippen LogP contribution in [-0.4, -0.2) is 35.0 Å². The lowest BCUT2D eigenvalue weighted by atomic mass is 9.98. The van der Waals surface area contributed by atoms with Crippen LogP contribution in [0.1, 0.15) is 90.9 Å². The third-order valence-electron chi connectivity index (χ3n) is 4.13. The Bertz CT molecular complexity index is 260. The molecule has 0 bridgehead atoms. The van der Waals surface area contributed by atoms with Crippen LogP contribution in [0, 0.1) is 0 Å². The molecule has 4 heteroatoms. The minimum absolute atomic E-state index is 0.0399. The van der Waals surface area contributed by atoms with E-state index < -0.39 is 5.60 Å². The Morgan fingerprint density at radius 1 is 0.864 bits per heavy atom. The maximum absolute atomic E-state index is 11.8. The molecule has 0 aliphatic heterocycles. The van der Waals surface area contributed by atoms with Gasteiger partial charge in [0, 0.05) is 32.5 Å². The SMILES string of the molecule is CCCCCCCCCCCC(=O)OC(C)(CCO)CCO. The first kappa shape index (κ1) is 21.4. The molecule has 0 rings (SSSR count). The number of carbonyl (C=O) groups excluding carboxylic acids is 1. The summed E-state index contributed by atoms with van der Waals surface area (Å²) in [6, 6.07) is 0. The Kier molecular flexibility index (Phi) is 13.6. The minimum atomic E-state index is -0.736. The minimum Gasteiger partial charge on any atom is -0.459 e. The second kappa shape index (κ2) is 14.0. The molecule has 0 amide bonds. The number of hydrogen-bond donors (Lipinski definition) is 2. The van der Waals surface area contributed by atoms with E-state index in [4.69, 9.17) is 14.9 Å². The van der Waals surface area contributed by atoms with Crippen LogP contribution in [0.3, 0.4) is 0 Å². The Morgan fingerprint density at radius 3 is 1.77 bits per heavy atom. The predicted octanol–water partition coefficient (Wildman–Crippen LogP) is 3.97. The lowest BCUT2D eigenvalue weighted by molar-refractivity contribution is -0.161. The van der Waals surface area contributed by atoms with Crippen molar-refractivity contribution in [2.75, 3.05) is 13.2 Å². The van der Waals surface area contributed by atoms with Crippen molar-refractivity contribution in [1.82, 2.24) is 0 Å². The van der Waals surface area contributed by atoms with Crippen LogP contribution in [-0.2, 0) is 9.53 Å². The molecular formula is C18H36O4. The molecule has 132 valence electrons. The van der Waals surface area contributed by atoms with Crippen molar-refractivity contribution in [2.45, 2.75) is 96.5 Å². The van der Waals surface area contributed by atoms with Gasteiger partial charge in [0.2, 0.25) is 0 Å². The van der Waals surface area contributed by atoms with Gasteiger partial charge in [-0.3, -0.25) is 4.79 Å². The van der Waals surface area contributed by atoms with Crippen molar-refractivity contribution in [3.63, 3.8) is 0 Å². The molecule has 0 saturated carbocycles. The summed E-state index contributed by atoms with van der Waals surface area (Å²) < 4.78 is 5.43. The van der Waals surface area contributed by atoms with Gasteiger partial charge in [0.1, 0.15) is 5.60 Å². The fourth-order valence-electron chi connectivity index (χ4n) is 2.61. The average Bonchev–Trinajstić information content (AvgIpc) is 2.45. The lowest BCUT2D eigenvalue weighted by Gasteiger charge is -2.28. The molecule has 2 N–H and O–H groups in total. The first-order chi connectivity index (χ1) is 10.6.